The largest absolute Gasteiger partial charge is 0.481 e. The third kappa shape index (κ3) is 2.83. The molecule has 0 aromatic heterocycles. The van der Waals surface area contributed by atoms with Crippen LogP contribution in [0.15, 0.2) is 0 Å². The van der Waals surface area contributed by atoms with Gasteiger partial charge in [-0.3, -0.25) is 4.79 Å². The number of rotatable bonds is 5. The molecule has 17 heavy (non-hydrogen) atoms. The van der Waals surface area contributed by atoms with Crippen LogP contribution in [0.25, 0.3) is 0 Å². The van der Waals surface area contributed by atoms with Crippen LogP contribution < -0.4 is 0 Å². The molecule has 2 saturated carbocycles. The lowest BCUT2D eigenvalue weighted by Gasteiger charge is -2.21. The molecule has 0 heterocycles. The van der Waals surface area contributed by atoms with Gasteiger partial charge in [0.2, 0.25) is 0 Å². The van der Waals surface area contributed by atoms with Gasteiger partial charge in [-0.1, -0.05) is 19.3 Å². The van der Waals surface area contributed by atoms with Crippen LogP contribution in [0.5, 0.6) is 0 Å². The summed E-state index contributed by atoms with van der Waals surface area (Å²) in [6.45, 7) is 0. The van der Waals surface area contributed by atoms with Crippen LogP contribution in [0.3, 0.4) is 0 Å². The minimum atomic E-state index is -1.25. The van der Waals surface area contributed by atoms with E-state index in [1.165, 1.54) is 19.3 Å². The third-order valence-electron chi connectivity index (χ3n) is 4.66. The Kier molecular flexibility index (Phi) is 4.10. The van der Waals surface area contributed by atoms with Crippen molar-refractivity contribution in [1.82, 2.24) is 0 Å². The molecule has 0 amide bonds. The van der Waals surface area contributed by atoms with Gasteiger partial charge in [0.25, 0.3) is 0 Å². The smallest absolute Gasteiger partial charge is 0.451 e. The predicted octanol–water partition coefficient (Wildman–Crippen LogP) is 1.38. The van der Waals surface area contributed by atoms with E-state index in [-0.39, 0.29) is 11.8 Å². The quantitative estimate of drug-likeness (QED) is 0.634. The molecule has 5 heteroatoms. The molecule has 0 saturated heterocycles. The number of carbonyl (C=O) groups is 1. The highest BCUT2D eigenvalue weighted by atomic mass is 16.4. The molecule has 0 bridgehead atoms. The second kappa shape index (κ2) is 5.40. The minimum absolute atomic E-state index is 0.193. The van der Waals surface area contributed by atoms with Crippen molar-refractivity contribution in [1.29, 1.82) is 0 Å². The molecule has 2 aliphatic rings. The van der Waals surface area contributed by atoms with Crippen LogP contribution in [0.2, 0.25) is 6.32 Å². The Morgan fingerprint density at radius 2 is 2.06 bits per heavy atom. The lowest BCUT2D eigenvalue weighted by molar-refractivity contribution is -0.143. The highest BCUT2D eigenvalue weighted by molar-refractivity contribution is 6.40. The zero-order valence-electron chi connectivity index (χ0n) is 10.1. The highest BCUT2D eigenvalue weighted by Crippen LogP contribution is 2.52. The first kappa shape index (κ1) is 12.9. The molecule has 2 rings (SSSR count). The number of fused-ring (bicyclic) bond motifs is 1. The van der Waals surface area contributed by atoms with Gasteiger partial charge >= 0.3 is 13.1 Å². The van der Waals surface area contributed by atoms with E-state index in [4.69, 9.17) is 10.0 Å². The summed E-state index contributed by atoms with van der Waals surface area (Å²) in [5, 5.41) is 26.9. The summed E-state index contributed by atoms with van der Waals surface area (Å²) < 4.78 is 0. The minimum Gasteiger partial charge on any atom is -0.481 e. The Labute approximate surface area is 102 Å². The lowest BCUT2D eigenvalue weighted by Crippen LogP contribution is -2.22. The molecular weight excluding hydrogens is 219 g/mol. The van der Waals surface area contributed by atoms with Crippen LogP contribution in [0.4, 0.5) is 0 Å². The van der Waals surface area contributed by atoms with Crippen molar-refractivity contribution < 1.29 is 19.9 Å². The van der Waals surface area contributed by atoms with Gasteiger partial charge in [-0.2, -0.15) is 0 Å². The first-order chi connectivity index (χ1) is 8.09. The van der Waals surface area contributed by atoms with E-state index < -0.39 is 13.1 Å². The molecule has 0 radical (unpaired) electrons. The van der Waals surface area contributed by atoms with Gasteiger partial charge in [0.1, 0.15) is 0 Å². The molecule has 0 unspecified atom stereocenters. The van der Waals surface area contributed by atoms with Crippen molar-refractivity contribution in [2.45, 2.75) is 44.8 Å². The molecule has 96 valence electrons. The SMILES string of the molecule is O=C(O)[C@@H]1C[C@H]2CCC[C@H]2[C@@H]1CCCB(O)O. The van der Waals surface area contributed by atoms with Crippen molar-refractivity contribution in [3.05, 3.63) is 0 Å². The molecule has 3 N–H and O–H groups in total. The van der Waals surface area contributed by atoms with Crippen LogP contribution in [0.1, 0.15) is 38.5 Å². The molecule has 2 fully saturated rings. The zero-order chi connectivity index (χ0) is 12.4. The average Bonchev–Trinajstić information content (AvgIpc) is 2.78. The van der Waals surface area contributed by atoms with Gasteiger partial charge in [-0.25, -0.2) is 0 Å². The van der Waals surface area contributed by atoms with Gasteiger partial charge in [-0.15, -0.1) is 0 Å². The van der Waals surface area contributed by atoms with Crippen molar-refractivity contribution in [3.8, 4) is 0 Å². The third-order valence-corrected chi connectivity index (χ3v) is 4.66. The molecule has 0 aromatic carbocycles. The Hall–Kier alpha value is -0.545. The maximum atomic E-state index is 11.2. The number of carboxylic acids is 1. The topological polar surface area (TPSA) is 77.8 Å². The fourth-order valence-corrected chi connectivity index (χ4v) is 3.96. The maximum Gasteiger partial charge on any atom is 0.451 e. The molecule has 2 aliphatic carbocycles. The Morgan fingerprint density at radius 1 is 1.29 bits per heavy atom. The van der Waals surface area contributed by atoms with Crippen LogP contribution in [-0.4, -0.2) is 28.2 Å². The predicted molar refractivity (Wildman–Crippen MR) is 64.3 cm³/mol. The Balaban J connectivity index is 1.92. The standard InChI is InChI=1S/C12H21BO4/c14-12(15)11-7-8-3-1-4-9(8)10(11)5-2-6-13(16)17/h8-11,16-17H,1-7H2,(H,14,15)/t8-,9-,10+,11-/m1/s1. The normalized spacial score (nSPS) is 35.9. The molecule has 0 aromatic rings. The van der Waals surface area contributed by atoms with E-state index in [0.717, 1.165) is 19.3 Å². The van der Waals surface area contributed by atoms with Crippen LogP contribution >= 0.6 is 0 Å². The van der Waals surface area contributed by atoms with Crippen molar-refractivity contribution in [2.24, 2.45) is 23.7 Å². The summed E-state index contributed by atoms with van der Waals surface area (Å²) >= 11 is 0. The number of aliphatic carboxylic acids is 1. The first-order valence-electron chi connectivity index (χ1n) is 6.68. The molecule has 4 atom stereocenters. The second-order valence-electron chi connectivity index (χ2n) is 5.61. The lowest BCUT2D eigenvalue weighted by atomic mass is 9.78. The number of carboxylic acid groups (broad SMARTS) is 1. The maximum absolute atomic E-state index is 11.2. The van der Waals surface area contributed by atoms with Crippen molar-refractivity contribution >= 4 is 13.1 Å². The fourth-order valence-electron chi connectivity index (χ4n) is 3.96. The summed E-state index contributed by atoms with van der Waals surface area (Å²) in [5.74, 6) is 0.598. The van der Waals surface area contributed by atoms with Crippen LogP contribution in [-0.2, 0) is 4.79 Å². The van der Waals surface area contributed by atoms with Gasteiger partial charge in [0.15, 0.2) is 0 Å². The summed E-state index contributed by atoms with van der Waals surface area (Å²) in [5.41, 5.74) is 0. The van der Waals surface area contributed by atoms with E-state index in [1.54, 1.807) is 0 Å². The van der Waals surface area contributed by atoms with Gasteiger partial charge < -0.3 is 15.2 Å². The summed E-state index contributed by atoms with van der Waals surface area (Å²) in [7, 11) is -1.25. The zero-order valence-corrected chi connectivity index (χ0v) is 10.1. The average molecular weight is 240 g/mol. The van der Waals surface area contributed by atoms with Crippen molar-refractivity contribution in [2.75, 3.05) is 0 Å². The number of hydrogen-bond donors (Lipinski definition) is 3. The van der Waals surface area contributed by atoms with E-state index in [1.807, 2.05) is 0 Å². The van der Waals surface area contributed by atoms with E-state index in [9.17, 15) is 9.90 Å². The van der Waals surface area contributed by atoms with Gasteiger partial charge in [0.05, 0.1) is 5.92 Å². The van der Waals surface area contributed by atoms with E-state index in [0.29, 0.717) is 18.2 Å². The highest BCUT2D eigenvalue weighted by Gasteiger charge is 2.47. The van der Waals surface area contributed by atoms with E-state index in [2.05, 4.69) is 0 Å². The van der Waals surface area contributed by atoms with Crippen molar-refractivity contribution in [3.63, 3.8) is 0 Å². The fraction of sp³-hybridized carbons (Fsp3) is 0.917. The molecular formula is C12H21BO4. The summed E-state index contributed by atoms with van der Waals surface area (Å²) in [6.07, 6.45) is 6.34. The molecule has 0 spiro atoms. The van der Waals surface area contributed by atoms with Gasteiger partial charge in [0, 0.05) is 0 Å². The Bertz CT molecular complexity index is 282. The van der Waals surface area contributed by atoms with Crippen LogP contribution in [0, 0.1) is 23.7 Å². The summed E-state index contributed by atoms with van der Waals surface area (Å²) in [4.78, 5) is 11.2. The van der Waals surface area contributed by atoms with E-state index >= 15 is 0 Å². The van der Waals surface area contributed by atoms with Gasteiger partial charge in [-0.05, 0) is 43.3 Å². The monoisotopic (exact) mass is 240 g/mol. The first-order valence-corrected chi connectivity index (χ1v) is 6.68. The summed E-state index contributed by atoms with van der Waals surface area (Å²) in [6, 6.07) is 0. The second-order valence-corrected chi connectivity index (χ2v) is 5.61. The Morgan fingerprint density at radius 3 is 2.71 bits per heavy atom. The molecule has 0 aliphatic heterocycles. The molecule has 4 nitrogen and oxygen atoms in total. The number of hydrogen-bond acceptors (Lipinski definition) is 3.